The molecule has 0 N–H and O–H groups in total. The summed E-state index contributed by atoms with van der Waals surface area (Å²) in [4.78, 5) is 0. The standard InChI is InChI=1S/C10H24OSi2/c1-7-9(12(3)4)11-10(8-2)13(5)6/h9-10,12-13H,1-2,7-8H2,3-6H3. The summed E-state index contributed by atoms with van der Waals surface area (Å²) in [5.74, 6) is 0. The molecule has 0 aliphatic rings. The van der Waals surface area contributed by atoms with Gasteiger partial charge in [-0.3, -0.25) is 0 Å². The van der Waals surface area contributed by atoms with Gasteiger partial charge in [-0.25, -0.2) is 0 Å². The Hall–Kier alpha value is 0.394. The maximum Gasteiger partial charge on any atom is 0.0656 e. The van der Waals surface area contributed by atoms with E-state index in [4.69, 9.17) is 4.74 Å². The monoisotopic (exact) mass is 216 g/mol. The molecular formula is C10H24OSi2. The van der Waals surface area contributed by atoms with Crippen molar-refractivity contribution in [2.24, 2.45) is 0 Å². The third kappa shape index (κ3) is 4.98. The zero-order valence-electron chi connectivity index (χ0n) is 9.55. The molecule has 0 aromatic rings. The second kappa shape index (κ2) is 6.79. The van der Waals surface area contributed by atoms with Crippen molar-refractivity contribution in [1.29, 1.82) is 0 Å². The first kappa shape index (κ1) is 13.4. The third-order valence-electron chi connectivity index (χ3n) is 2.41. The Kier molecular flexibility index (Phi) is 7.00. The van der Waals surface area contributed by atoms with E-state index in [1.54, 1.807) is 0 Å². The Morgan fingerprint density at radius 3 is 1.38 bits per heavy atom. The van der Waals surface area contributed by atoms with E-state index in [9.17, 15) is 0 Å². The zero-order chi connectivity index (χ0) is 10.4. The molecule has 3 heteroatoms. The predicted molar refractivity (Wildman–Crippen MR) is 66.4 cm³/mol. The van der Waals surface area contributed by atoms with Crippen molar-refractivity contribution < 1.29 is 4.74 Å². The van der Waals surface area contributed by atoms with E-state index in [1.807, 2.05) is 0 Å². The summed E-state index contributed by atoms with van der Waals surface area (Å²) in [6, 6.07) is 0. The van der Waals surface area contributed by atoms with Gasteiger partial charge >= 0.3 is 0 Å². The molecule has 0 aliphatic heterocycles. The fraction of sp³-hybridized carbons (Fsp3) is 0.800. The molecular weight excluding hydrogens is 192 g/mol. The van der Waals surface area contributed by atoms with Crippen molar-refractivity contribution in [3.05, 3.63) is 13.8 Å². The molecule has 0 aromatic carbocycles. The Morgan fingerprint density at radius 1 is 0.923 bits per heavy atom. The Bertz CT molecular complexity index is 112. The Labute approximate surface area is 87.1 Å². The highest BCUT2D eigenvalue weighted by atomic mass is 28.3. The average molecular weight is 216 g/mol. The van der Waals surface area contributed by atoms with Crippen LogP contribution in [0.5, 0.6) is 0 Å². The van der Waals surface area contributed by atoms with E-state index in [0.717, 1.165) is 12.8 Å². The van der Waals surface area contributed by atoms with Crippen LogP contribution < -0.4 is 0 Å². The summed E-state index contributed by atoms with van der Waals surface area (Å²) in [5.41, 5.74) is 0.920. The molecule has 0 aromatic heterocycles. The Morgan fingerprint density at radius 2 is 1.23 bits per heavy atom. The van der Waals surface area contributed by atoms with Gasteiger partial charge in [-0.1, -0.05) is 40.0 Å². The topological polar surface area (TPSA) is 9.23 Å². The number of hydrogen-bond donors (Lipinski definition) is 0. The van der Waals surface area contributed by atoms with Crippen LogP contribution in [-0.2, 0) is 4.74 Å². The minimum atomic E-state index is -0.687. The molecule has 0 bridgehead atoms. The van der Waals surface area contributed by atoms with Crippen LogP contribution in [0.1, 0.15) is 12.8 Å². The first-order chi connectivity index (χ1) is 6.02. The van der Waals surface area contributed by atoms with Crippen LogP contribution in [0.2, 0.25) is 26.2 Å². The van der Waals surface area contributed by atoms with Crippen molar-refractivity contribution in [3.63, 3.8) is 0 Å². The fourth-order valence-corrected chi connectivity index (χ4v) is 3.89. The number of ether oxygens (including phenoxy) is 1. The molecule has 0 spiro atoms. The fourth-order valence-electron chi connectivity index (χ4n) is 1.34. The first-order valence-electron chi connectivity index (χ1n) is 5.26. The van der Waals surface area contributed by atoms with Gasteiger partial charge in [0.1, 0.15) is 0 Å². The zero-order valence-corrected chi connectivity index (χ0v) is 11.9. The van der Waals surface area contributed by atoms with Crippen molar-refractivity contribution in [2.45, 2.75) is 50.5 Å². The van der Waals surface area contributed by atoms with Gasteiger partial charge in [0.2, 0.25) is 0 Å². The highest BCUT2D eigenvalue weighted by Crippen LogP contribution is 2.11. The van der Waals surface area contributed by atoms with Gasteiger partial charge in [-0.2, -0.15) is 0 Å². The van der Waals surface area contributed by atoms with Gasteiger partial charge in [0.25, 0.3) is 0 Å². The van der Waals surface area contributed by atoms with Crippen molar-refractivity contribution in [3.8, 4) is 0 Å². The summed E-state index contributed by atoms with van der Waals surface area (Å²) in [6.45, 7) is 17.2. The summed E-state index contributed by atoms with van der Waals surface area (Å²) < 4.78 is 6.07. The van der Waals surface area contributed by atoms with Gasteiger partial charge in [0.05, 0.1) is 17.6 Å². The third-order valence-corrected chi connectivity index (χ3v) is 6.36. The minimum absolute atomic E-state index is 0.460. The van der Waals surface area contributed by atoms with Gasteiger partial charge < -0.3 is 4.74 Å². The second-order valence-corrected chi connectivity index (χ2v) is 10.7. The van der Waals surface area contributed by atoms with Crippen LogP contribution in [0.15, 0.2) is 0 Å². The molecule has 0 saturated carbocycles. The van der Waals surface area contributed by atoms with Gasteiger partial charge in [0.15, 0.2) is 0 Å². The molecule has 0 saturated heterocycles. The van der Waals surface area contributed by atoms with Crippen LogP contribution in [-0.4, -0.2) is 29.0 Å². The van der Waals surface area contributed by atoms with Crippen LogP contribution in [0.25, 0.3) is 0 Å². The molecule has 2 radical (unpaired) electrons. The maximum atomic E-state index is 6.07. The van der Waals surface area contributed by atoms with E-state index in [-0.39, 0.29) is 0 Å². The van der Waals surface area contributed by atoms with Gasteiger partial charge in [-0.05, 0) is 12.8 Å². The van der Waals surface area contributed by atoms with E-state index in [2.05, 4.69) is 40.0 Å². The molecule has 2 atom stereocenters. The van der Waals surface area contributed by atoms with Crippen LogP contribution in [0, 0.1) is 13.8 Å². The quantitative estimate of drug-likeness (QED) is 0.619. The molecule has 78 valence electrons. The summed E-state index contributed by atoms with van der Waals surface area (Å²) >= 11 is 0. The molecule has 1 nitrogen and oxygen atoms in total. The lowest BCUT2D eigenvalue weighted by atomic mass is 10.5. The predicted octanol–water partition coefficient (Wildman–Crippen LogP) is 2.24. The van der Waals surface area contributed by atoms with Crippen LogP contribution in [0.3, 0.4) is 0 Å². The van der Waals surface area contributed by atoms with E-state index >= 15 is 0 Å². The normalized spacial score (nSPS) is 16.6. The lowest BCUT2D eigenvalue weighted by Crippen LogP contribution is -2.37. The summed E-state index contributed by atoms with van der Waals surface area (Å²) in [6.07, 6.45) is 1.86. The summed E-state index contributed by atoms with van der Waals surface area (Å²) in [7, 11) is -1.37. The SMILES string of the molecule is [CH2]CC(OC(C[CH2])[SiH](C)C)[SiH](C)C. The van der Waals surface area contributed by atoms with Crippen molar-refractivity contribution >= 4 is 17.6 Å². The molecule has 0 aliphatic carbocycles. The largest absolute Gasteiger partial charge is 0.383 e. The number of hydrogen-bond acceptors (Lipinski definition) is 1. The van der Waals surface area contributed by atoms with Crippen LogP contribution in [0.4, 0.5) is 0 Å². The van der Waals surface area contributed by atoms with Crippen molar-refractivity contribution in [2.75, 3.05) is 0 Å². The average Bonchev–Trinajstić information content (AvgIpc) is 2.05. The van der Waals surface area contributed by atoms with Crippen LogP contribution >= 0.6 is 0 Å². The van der Waals surface area contributed by atoms with E-state index in [1.165, 1.54) is 0 Å². The lowest BCUT2D eigenvalue weighted by molar-refractivity contribution is 0.0754. The minimum Gasteiger partial charge on any atom is -0.383 e. The highest BCUT2D eigenvalue weighted by molar-refractivity contribution is 6.58. The van der Waals surface area contributed by atoms with E-state index < -0.39 is 17.6 Å². The lowest BCUT2D eigenvalue weighted by Gasteiger charge is -2.27. The molecule has 0 heterocycles. The Balaban J connectivity index is 4.03. The second-order valence-electron chi connectivity index (χ2n) is 4.28. The highest BCUT2D eigenvalue weighted by Gasteiger charge is 2.20. The smallest absolute Gasteiger partial charge is 0.0656 e. The molecule has 0 rings (SSSR count). The summed E-state index contributed by atoms with van der Waals surface area (Å²) in [5, 5.41) is 0. The molecule has 0 fully saturated rings. The maximum absolute atomic E-state index is 6.07. The van der Waals surface area contributed by atoms with Gasteiger partial charge in [0, 0.05) is 11.5 Å². The van der Waals surface area contributed by atoms with Gasteiger partial charge in [-0.15, -0.1) is 0 Å². The van der Waals surface area contributed by atoms with Crippen molar-refractivity contribution in [1.82, 2.24) is 0 Å². The first-order valence-corrected chi connectivity index (χ1v) is 11.2. The molecule has 13 heavy (non-hydrogen) atoms. The molecule has 0 amide bonds. The molecule has 2 unspecified atom stereocenters. The number of rotatable bonds is 6. The van der Waals surface area contributed by atoms with E-state index in [0.29, 0.717) is 11.5 Å².